The highest BCUT2D eigenvalue weighted by Crippen LogP contribution is 2.17. The number of aromatic nitrogens is 4. The molecule has 1 aliphatic heterocycles. The molecule has 0 spiro atoms. The van der Waals surface area contributed by atoms with E-state index in [1.165, 1.54) is 0 Å². The normalized spacial score (nSPS) is 14.2. The molecule has 0 radical (unpaired) electrons. The van der Waals surface area contributed by atoms with Gasteiger partial charge < -0.3 is 19.5 Å². The molecule has 0 unspecified atom stereocenters. The topological polar surface area (TPSA) is 98.3 Å². The Balaban J connectivity index is 1.34. The fourth-order valence-corrected chi connectivity index (χ4v) is 3.00. The van der Waals surface area contributed by atoms with Crippen molar-refractivity contribution in [2.45, 2.75) is 20.0 Å². The van der Waals surface area contributed by atoms with Crippen LogP contribution in [0.2, 0.25) is 0 Å². The molecule has 0 aliphatic carbocycles. The van der Waals surface area contributed by atoms with Gasteiger partial charge in [-0.3, -0.25) is 9.48 Å². The molecule has 1 fully saturated rings. The van der Waals surface area contributed by atoms with Crippen molar-refractivity contribution in [2.75, 3.05) is 31.2 Å². The van der Waals surface area contributed by atoms with E-state index in [9.17, 15) is 4.79 Å². The second-order valence-corrected chi connectivity index (χ2v) is 6.43. The molecule has 1 saturated heterocycles. The molecule has 1 aromatic carbocycles. The third-order valence-corrected chi connectivity index (χ3v) is 4.59. The highest BCUT2D eigenvalue weighted by atomic mass is 16.5. The van der Waals surface area contributed by atoms with Crippen LogP contribution in [0.3, 0.4) is 0 Å². The fraction of sp³-hybridized carbons (Fsp3) is 0.368. The van der Waals surface area contributed by atoms with Crippen LogP contribution in [0.4, 0.5) is 5.69 Å². The molecular formula is C19H22N6O3. The van der Waals surface area contributed by atoms with Crippen LogP contribution in [0.25, 0.3) is 11.4 Å². The molecule has 3 heterocycles. The summed E-state index contributed by atoms with van der Waals surface area (Å²) in [6.45, 7) is 6.12. The Morgan fingerprint density at radius 2 is 2.00 bits per heavy atom. The van der Waals surface area contributed by atoms with Crippen LogP contribution in [-0.2, 0) is 17.8 Å². The largest absolute Gasteiger partial charge is 0.378 e. The Kier molecular flexibility index (Phi) is 5.34. The summed E-state index contributed by atoms with van der Waals surface area (Å²) in [5.41, 5.74) is 2.46. The lowest BCUT2D eigenvalue weighted by atomic mass is 10.1. The summed E-state index contributed by atoms with van der Waals surface area (Å²) in [7, 11) is 0. The third kappa shape index (κ3) is 4.04. The number of anilines is 1. The van der Waals surface area contributed by atoms with E-state index in [2.05, 4.69) is 25.5 Å². The first-order valence-corrected chi connectivity index (χ1v) is 9.29. The summed E-state index contributed by atoms with van der Waals surface area (Å²) < 4.78 is 12.4. The Bertz CT molecular complexity index is 927. The van der Waals surface area contributed by atoms with Crippen LogP contribution in [0, 0.1) is 0 Å². The molecule has 0 atom stereocenters. The third-order valence-electron chi connectivity index (χ3n) is 4.59. The van der Waals surface area contributed by atoms with Gasteiger partial charge in [0.05, 0.1) is 31.5 Å². The molecule has 146 valence electrons. The van der Waals surface area contributed by atoms with Crippen LogP contribution in [-0.4, -0.2) is 52.1 Å². The molecule has 3 aromatic rings. The summed E-state index contributed by atoms with van der Waals surface area (Å²) in [5.74, 6) is 0.614. The van der Waals surface area contributed by atoms with Gasteiger partial charge in [0, 0.05) is 37.1 Å². The van der Waals surface area contributed by atoms with Crippen molar-refractivity contribution in [3.05, 3.63) is 48.1 Å². The van der Waals surface area contributed by atoms with Crippen LogP contribution in [0.1, 0.15) is 23.2 Å². The van der Waals surface area contributed by atoms with Gasteiger partial charge in [-0.15, -0.1) is 0 Å². The summed E-state index contributed by atoms with van der Waals surface area (Å²) >= 11 is 0. The highest BCUT2D eigenvalue weighted by molar-refractivity contribution is 5.94. The monoisotopic (exact) mass is 382 g/mol. The van der Waals surface area contributed by atoms with Crippen molar-refractivity contribution in [1.29, 1.82) is 0 Å². The number of nitrogens with zero attached hydrogens (tertiary/aromatic N) is 5. The van der Waals surface area contributed by atoms with Gasteiger partial charge in [-0.2, -0.15) is 10.1 Å². The van der Waals surface area contributed by atoms with E-state index in [4.69, 9.17) is 9.26 Å². The van der Waals surface area contributed by atoms with Gasteiger partial charge in [0.25, 0.3) is 5.91 Å². The lowest BCUT2D eigenvalue weighted by Gasteiger charge is -2.28. The molecule has 9 nitrogen and oxygen atoms in total. The maximum absolute atomic E-state index is 12.4. The van der Waals surface area contributed by atoms with E-state index in [1.54, 1.807) is 10.9 Å². The molecular weight excluding hydrogens is 360 g/mol. The lowest BCUT2D eigenvalue weighted by molar-refractivity contribution is 0.0946. The molecule has 4 rings (SSSR count). The summed E-state index contributed by atoms with van der Waals surface area (Å²) in [6.07, 6.45) is 3.54. The zero-order chi connectivity index (χ0) is 19.3. The lowest BCUT2D eigenvalue weighted by Crippen LogP contribution is -2.36. The molecule has 0 bridgehead atoms. The number of hydrogen-bond acceptors (Lipinski definition) is 7. The van der Waals surface area contributed by atoms with Gasteiger partial charge in [0.15, 0.2) is 0 Å². The van der Waals surface area contributed by atoms with Gasteiger partial charge in [0.2, 0.25) is 11.7 Å². The first-order chi connectivity index (χ1) is 13.7. The van der Waals surface area contributed by atoms with Crippen molar-refractivity contribution in [2.24, 2.45) is 0 Å². The van der Waals surface area contributed by atoms with Crippen LogP contribution in [0.5, 0.6) is 0 Å². The average Bonchev–Trinajstić information content (AvgIpc) is 3.42. The number of hydrogen-bond donors (Lipinski definition) is 1. The maximum atomic E-state index is 12.4. The molecule has 1 aliphatic rings. The van der Waals surface area contributed by atoms with Gasteiger partial charge in [-0.25, -0.2) is 0 Å². The van der Waals surface area contributed by atoms with Crippen LogP contribution < -0.4 is 10.2 Å². The number of rotatable bonds is 6. The van der Waals surface area contributed by atoms with Crippen molar-refractivity contribution in [1.82, 2.24) is 25.2 Å². The summed E-state index contributed by atoms with van der Waals surface area (Å²) in [5, 5.41) is 10.9. The number of benzene rings is 1. The maximum Gasteiger partial charge on any atom is 0.251 e. The summed E-state index contributed by atoms with van der Waals surface area (Å²) in [4.78, 5) is 18.9. The average molecular weight is 382 g/mol. The quantitative estimate of drug-likeness (QED) is 0.693. The van der Waals surface area contributed by atoms with Gasteiger partial charge in [-0.05, 0) is 31.2 Å². The van der Waals surface area contributed by atoms with Gasteiger partial charge >= 0.3 is 0 Å². The standard InChI is InChI=1S/C19H22N6O3/c1-2-25-13-15(11-21-25)18-22-17(28-23-18)12-20-19(26)14-3-5-16(6-4-14)24-7-9-27-10-8-24/h3-6,11,13H,2,7-10,12H2,1H3,(H,20,26). The molecule has 28 heavy (non-hydrogen) atoms. The van der Waals surface area contributed by atoms with Crippen molar-refractivity contribution in [3.8, 4) is 11.4 Å². The number of morpholine rings is 1. The molecule has 0 saturated carbocycles. The van der Waals surface area contributed by atoms with Crippen molar-refractivity contribution >= 4 is 11.6 Å². The minimum Gasteiger partial charge on any atom is -0.378 e. The Morgan fingerprint density at radius 3 is 2.71 bits per heavy atom. The van der Waals surface area contributed by atoms with E-state index < -0.39 is 0 Å². The molecule has 9 heteroatoms. The fourth-order valence-electron chi connectivity index (χ4n) is 3.00. The van der Waals surface area contributed by atoms with E-state index in [-0.39, 0.29) is 12.5 Å². The SMILES string of the molecule is CCn1cc(-c2noc(CNC(=O)c3ccc(N4CCOCC4)cc3)n2)cn1. The summed E-state index contributed by atoms with van der Waals surface area (Å²) in [6, 6.07) is 7.55. The second kappa shape index (κ2) is 8.22. The Hall–Kier alpha value is -3.20. The van der Waals surface area contributed by atoms with E-state index in [0.29, 0.717) is 17.3 Å². The van der Waals surface area contributed by atoms with Crippen LogP contribution >= 0.6 is 0 Å². The zero-order valence-electron chi connectivity index (χ0n) is 15.7. The predicted octanol–water partition coefficient (Wildman–Crippen LogP) is 1.72. The first-order valence-electron chi connectivity index (χ1n) is 9.29. The van der Waals surface area contributed by atoms with E-state index in [0.717, 1.165) is 44.1 Å². The number of aryl methyl sites for hydroxylation is 1. The molecule has 1 amide bonds. The number of carbonyl (C=O) groups excluding carboxylic acids is 1. The van der Waals surface area contributed by atoms with Crippen molar-refractivity contribution < 1.29 is 14.1 Å². The minimum absolute atomic E-state index is 0.166. The zero-order valence-corrected chi connectivity index (χ0v) is 15.7. The Labute approximate surface area is 162 Å². The highest BCUT2D eigenvalue weighted by Gasteiger charge is 2.14. The van der Waals surface area contributed by atoms with Gasteiger partial charge in [0.1, 0.15) is 0 Å². The molecule has 2 aromatic heterocycles. The number of nitrogens with one attached hydrogen (secondary N) is 1. The number of amides is 1. The Morgan fingerprint density at radius 1 is 1.21 bits per heavy atom. The number of carbonyl (C=O) groups is 1. The first kappa shape index (κ1) is 18.2. The van der Waals surface area contributed by atoms with E-state index in [1.807, 2.05) is 37.4 Å². The minimum atomic E-state index is -0.188. The second-order valence-electron chi connectivity index (χ2n) is 6.43. The smallest absolute Gasteiger partial charge is 0.251 e. The molecule has 1 N–H and O–H groups in total. The predicted molar refractivity (Wildman–Crippen MR) is 102 cm³/mol. The van der Waals surface area contributed by atoms with Gasteiger partial charge in [-0.1, -0.05) is 5.16 Å². The van der Waals surface area contributed by atoms with Crippen molar-refractivity contribution in [3.63, 3.8) is 0 Å². The van der Waals surface area contributed by atoms with Crippen LogP contribution in [0.15, 0.2) is 41.2 Å². The number of ether oxygens (including phenoxy) is 1. The van der Waals surface area contributed by atoms with E-state index >= 15 is 0 Å².